The van der Waals surface area contributed by atoms with Crippen molar-refractivity contribution in [1.29, 1.82) is 0 Å². The Balaban J connectivity index is 2.21. The van der Waals surface area contributed by atoms with E-state index in [1.54, 1.807) is 0 Å². The number of imidazole rings is 1. The Morgan fingerprint density at radius 1 is 1.39 bits per heavy atom. The highest BCUT2D eigenvalue weighted by molar-refractivity contribution is 5.97. The lowest BCUT2D eigenvalue weighted by molar-refractivity contribution is -0.121. The molecule has 0 fully saturated rings. The average molecular weight is 246 g/mol. The molecule has 2 rings (SSSR count). The Morgan fingerprint density at radius 2 is 2.06 bits per heavy atom. The van der Waals surface area contributed by atoms with E-state index in [9.17, 15) is 4.79 Å². The first-order valence-electron chi connectivity index (χ1n) is 6.14. The van der Waals surface area contributed by atoms with Gasteiger partial charge in [0.25, 0.3) is 0 Å². The molecule has 0 aliphatic heterocycles. The molecule has 0 atom stereocenters. The van der Waals surface area contributed by atoms with E-state index < -0.39 is 5.54 Å². The van der Waals surface area contributed by atoms with E-state index >= 15 is 0 Å². The van der Waals surface area contributed by atoms with Crippen LogP contribution >= 0.6 is 0 Å². The molecule has 0 bridgehead atoms. The summed E-state index contributed by atoms with van der Waals surface area (Å²) in [5.74, 6) is 0.240. The van der Waals surface area contributed by atoms with Gasteiger partial charge in [0.05, 0.1) is 16.6 Å². The number of nitrogens with one attached hydrogen (secondary N) is 2. The highest BCUT2D eigenvalue weighted by Crippen LogP contribution is 2.17. The molecule has 1 aromatic heterocycles. The molecule has 1 aromatic carbocycles. The predicted octanol–water partition coefficient (Wildman–Crippen LogP) is 2.02. The number of H-pyrrole nitrogens is 1. The van der Waals surface area contributed by atoms with Crippen molar-refractivity contribution in [3.63, 3.8) is 0 Å². The summed E-state index contributed by atoms with van der Waals surface area (Å²) in [7, 11) is 0. The van der Waals surface area contributed by atoms with E-state index in [1.165, 1.54) is 0 Å². The molecule has 0 aliphatic rings. The zero-order valence-electron chi connectivity index (χ0n) is 10.7. The molecule has 0 aliphatic carbocycles. The van der Waals surface area contributed by atoms with Gasteiger partial charge >= 0.3 is 0 Å². The van der Waals surface area contributed by atoms with Crippen molar-refractivity contribution >= 4 is 22.9 Å². The van der Waals surface area contributed by atoms with Crippen molar-refractivity contribution in [1.82, 2.24) is 9.97 Å². The number of hydrogen-bond acceptors (Lipinski definition) is 3. The van der Waals surface area contributed by atoms with Crippen LogP contribution in [0, 0.1) is 0 Å². The molecule has 5 heteroatoms. The Labute approximate surface area is 106 Å². The topological polar surface area (TPSA) is 83.8 Å². The smallest absolute Gasteiger partial charge is 0.246 e. The van der Waals surface area contributed by atoms with Crippen LogP contribution in [0.1, 0.15) is 26.7 Å². The number of carbonyl (C=O) groups excluding carboxylic acids is 1. The second kappa shape index (κ2) is 4.78. The minimum atomic E-state index is -0.834. The van der Waals surface area contributed by atoms with E-state index in [0.717, 1.165) is 11.0 Å². The average Bonchev–Trinajstić information content (AvgIpc) is 2.79. The number of para-hydroxylation sites is 2. The highest BCUT2D eigenvalue weighted by Gasteiger charge is 2.30. The highest BCUT2D eigenvalue weighted by atomic mass is 16.2. The summed E-state index contributed by atoms with van der Waals surface area (Å²) >= 11 is 0. The number of aromatic nitrogens is 2. The molecular formula is C13H18N4O. The minimum absolute atomic E-state index is 0.202. The summed E-state index contributed by atoms with van der Waals surface area (Å²) in [6.07, 6.45) is 1.19. The molecule has 0 spiro atoms. The fourth-order valence-electron chi connectivity index (χ4n) is 1.82. The summed E-state index contributed by atoms with van der Waals surface area (Å²) in [5, 5.41) is 2.74. The third-order valence-corrected chi connectivity index (χ3v) is 3.34. The maximum atomic E-state index is 12.1. The molecule has 0 saturated heterocycles. The fraction of sp³-hybridized carbons (Fsp3) is 0.385. The lowest BCUT2D eigenvalue weighted by atomic mass is 9.93. The summed E-state index contributed by atoms with van der Waals surface area (Å²) in [6, 6.07) is 7.61. The second-order valence-corrected chi connectivity index (χ2v) is 4.42. The molecule has 0 saturated carbocycles. The van der Waals surface area contributed by atoms with Gasteiger partial charge in [-0.05, 0) is 25.0 Å². The van der Waals surface area contributed by atoms with Gasteiger partial charge in [0.2, 0.25) is 11.9 Å². The van der Waals surface area contributed by atoms with Gasteiger partial charge in [-0.25, -0.2) is 4.98 Å². The SMILES string of the molecule is CCC(N)(CC)C(=O)Nc1nc2ccccc2[nH]1. The molecule has 18 heavy (non-hydrogen) atoms. The van der Waals surface area contributed by atoms with Crippen molar-refractivity contribution < 1.29 is 4.79 Å². The molecule has 2 aromatic rings. The van der Waals surface area contributed by atoms with Crippen LogP contribution in [0.4, 0.5) is 5.95 Å². The van der Waals surface area contributed by atoms with Crippen LogP contribution in [0.15, 0.2) is 24.3 Å². The van der Waals surface area contributed by atoms with Crippen LogP contribution in [0.5, 0.6) is 0 Å². The lowest BCUT2D eigenvalue weighted by Gasteiger charge is -2.24. The molecule has 96 valence electrons. The third-order valence-electron chi connectivity index (χ3n) is 3.34. The van der Waals surface area contributed by atoms with Crippen molar-refractivity contribution in [2.24, 2.45) is 5.73 Å². The van der Waals surface area contributed by atoms with Gasteiger partial charge < -0.3 is 10.7 Å². The number of anilines is 1. The van der Waals surface area contributed by atoms with E-state index in [-0.39, 0.29) is 5.91 Å². The maximum absolute atomic E-state index is 12.1. The van der Waals surface area contributed by atoms with Crippen molar-refractivity contribution in [3.05, 3.63) is 24.3 Å². The Morgan fingerprint density at radius 3 is 2.67 bits per heavy atom. The molecule has 0 unspecified atom stereocenters. The van der Waals surface area contributed by atoms with Crippen LogP contribution in [-0.4, -0.2) is 21.4 Å². The summed E-state index contributed by atoms with van der Waals surface area (Å²) in [5.41, 5.74) is 6.91. The summed E-state index contributed by atoms with van der Waals surface area (Å²) in [4.78, 5) is 19.4. The summed E-state index contributed by atoms with van der Waals surface area (Å²) in [6.45, 7) is 3.81. The predicted molar refractivity (Wildman–Crippen MR) is 72.2 cm³/mol. The standard InChI is InChI=1S/C13H18N4O/c1-3-13(14,4-2)11(18)17-12-15-9-7-5-6-8-10(9)16-12/h5-8H,3-4,14H2,1-2H3,(H2,15,16,17,18). The molecule has 0 radical (unpaired) electrons. The van der Waals surface area contributed by atoms with Crippen molar-refractivity contribution in [2.75, 3.05) is 5.32 Å². The lowest BCUT2D eigenvalue weighted by Crippen LogP contribution is -2.50. The van der Waals surface area contributed by atoms with Gasteiger partial charge in [0, 0.05) is 0 Å². The Hall–Kier alpha value is -1.88. The fourth-order valence-corrected chi connectivity index (χ4v) is 1.82. The monoisotopic (exact) mass is 246 g/mol. The minimum Gasteiger partial charge on any atom is -0.324 e. The number of fused-ring (bicyclic) bond motifs is 1. The van der Waals surface area contributed by atoms with Crippen molar-refractivity contribution in [3.8, 4) is 0 Å². The Bertz CT molecular complexity index is 524. The van der Waals surface area contributed by atoms with E-state index in [1.807, 2.05) is 38.1 Å². The largest absolute Gasteiger partial charge is 0.324 e. The van der Waals surface area contributed by atoms with Gasteiger partial charge in [-0.2, -0.15) is 0 Å². The van der Waals surface area contributed by atoms with E-state index in [2.05, 4.69) is 15.3 Å². The van der Waals surface area contributed by atoms with Gasteiger partial charge in [-0.3, -0.25) is 10.1 Å². The zero-order valence-corrected chi connectivity index (χ0v) is 10.7. The second-order valence-electron chi connectivity index (χ2n) is 4.42. The molecule has 1 heterocycles. The van der Waals surface area contributed by atoms with Gasteiger partial charge in [0.1, 0.15) is 0 Å². The maximum Gasteiger partial charge on any atom is 0.246 e. The molecule has 5 nitrogen and oxygen atoms in total. The number of carbonyl (C=O) groups is 1. The van der Waals surface area contributed by atoms with E-state index in [0.29, 0.717) is 18.8 Å². The van der Waals surface area contributed by atoms with Crippen molar-refractivity contribution in [2.45, 2.75) is 32.2 Å². The number of nitrogens with two attached hydrogens (primary N) is 1. The number of nitrogens with zero attached hydrogens (tertiary/aromatic N) is 1. The first-order chi connectivity index (χ1) is 8.59. The van der Waals surface area contributed by atoms with Gasteiger partial charge in [-0.15, -0.1) is 0 Å². The van der Waals surface area contributed by atoms with E-state index in [4.69, 9.17) is 5.73 Å². The van der Waals surface area contributed by atoms with Crippen LogP contribution in [0.3, 0.4) is 0 Å². The number of amides is 1. The van der Waals surface area contributed by atoms with Crippen LogP contribution in [0.2, 0.25) is 0 Å². The summed E-state index contributed by atoms with van der Waals surface area (Å²) < 4.78 is 0. The third kappa shape index (κ3) is 2.22. The first kappa shape index (κ1) is 12.6. The van der Waals surface area contributed by atoms with Crippen LogP contribution in [-0.2, 0) is 4.79 Å². The molecule has 1 amide bonds. The zero-order chi connectivity index (χ0) is 13.2. The van der Waals surface area contributed by atoms with Gasteiger partial charge in [0.15, 0.2) is 0 Å². The van der Waals surface area contributed by atoms with Crippen LogP contribution in [0.25, 0.3) is 11.0 Å². The number of rotatable bonds is 4. The van der Waals surface area contributed by atoms with Gasteiger partial charge in [-0.1, -0.05) is 26.0 Å². The number of benzene rings is 1. The Kier molecular flexibility index (Phi) is 3.34. The number of aromatic amines is 1. The number of hydrogen-bond donors (Lipinski definition) is 3. The first-order valence-corrected chi connectivity index (χ1v) is 6.14. The molecular weight excluding hydrogens is 228 g/mol. The molecule has 4 N–H and O–H groups in total. The van der Waals surface area contributed by atoms with Crippen LogP contribution < -0.4 is 11.1 Å². The normalized spacial score (nSPS) is 11.7. The quantitative estimate of drug-likeness (QED) is 0.771.